The lowest BCUT2D eigenvalue weighted by molar-refractivity contribution is -0.132. The molecule has 2 amide bonds. The molecule has 0 saturated carbocycles. The van der Waals surface area contributed by atoms with E-state index in [1.807, 2.05) is 20.8 Å². The number of ether oxygens (including phenoxy) is 3. The molecular weight excluding hydrogens is 517 g/mol. The SMILES string of the molecule is C#CCOc1ccc(/C=N\NC(=O)[C@H](CC(C)C)NC(=O)[C@H](C)Oc2ccc(Cl)cc2Cl)cc1OCC. The van der Waals surface area contributed by atoms with Crippen molar-refractivity contribution < 1.29 is 23.8 Å². The van der Waals surface area contributed by atoms with Crippen molar-refractivity contribution in [1.29, 1.82) is 0 Å². The Balaban J connectivity index is 2.04. The predicted octanol–water partition coefficient (Wildman–Crippen LogP) is 4.85. The van der Waals surface area contributed by atoms with E-state index in [0.29, 0.717) is 40.9 Å². The van der Waals surface area contributed by atoms with Gasteiger partial charge in [-0.1, -0.05) is 43.0 Å². The Morgan fingerprint density at radius 2 is 1.78 bits per heavy atom. The topological polar surface area (TPSA) is 98.2 Å². The number of hydrazone groups is 1. The smallest absolute Gasteiger partial charge is 0.262 e. The van der Waals surface area contributed by atoms with E-state index in [0.717, 1.165) is 0 Å². The largest absolute Gasteiger partial charge is 0.490 e. The normalized spacial score (nSPS) is 12.5. The van der Waals surface area contributed by atoms with Crippen molar-refractivity contribution in [1.82, 2.24) is 10.7 Å². The monoisotopic (exact) mass is 547 g/mol. The molecule has 37 heavy (non-hydrogen) atoms. The quantitative estimate of drug-likeness (QED) is 0.212. The van der Waals surface area contributed by atoms with Crippen LogP contribution >= 0.6 is 23.2 Å². The molecule has 0 bridgehead atoms. The third-order valence-electron chi connectivity index (χ3n) is 4.87. The van der Waals surface area contributed by atoms with Crippen LogP contribution in [-0.2, 0) is 9.59 Å². The molecule has 2 atom stereocenters. The molecule has 0 aliphatic heterocycles. The summed E-state index contributed by atoms with van der Waals surface area (Å²) in [6, 6.07) is 9.06. The van der Waals surface area contributed by atoms with Crippen LogP contribution in [0.5, 0.6) is 17.2 Å². The molecule has 0 unspecified atom stereocenters. The molecule has 0 aromatic heterocycles. The molecule has 0 radical (unpaired) electrons. The van der Waals surface area contributed by atoms with E-state index in [2.05, 4.69) is 21.8 Å². The first-order valence-corrected chi connectivity index (χ1v) is 12.5. The maximum atomic E-state index is 12.8. The van der Waals surface area contributed by atoms with E-state index in [1.54, 1.807) is 37.3 Å². The van der Waals surface area contributed by atoms with Crippen LogP contribution in [0.3, 0.4) is 0 Å². The molecule has 0 aliphatic carbocycles. The summed E-state index contributed by atoms with van der Waals surface area (Å²) in [5.74, 6) is 2.93. The lowest BCUT2D eigenvalue weighted by Crippen LogP contribution is -2.49. The highest BCUT2D eigenvalue weighted by atomic mass is 35.5. The van der Waals surface area contributed by atoms with Gasteiger partial charge in [0.15, 0.2) is 17.6 Å². The Hall–Kier alpha value is -3.41. The number of amides is 2. The Bertz CT molecular complexity index is 1150. The summed E-state index contributed by atoms with van der Waals surface area (Å²) < 4.78 is 16.7. The average molecular weight is 548 g/mol. The van der Waals surface area contributed by atoms with Crippen LogP contribution in [-0.4, -0.2) is 43.4 Å². The van der Waals surface area contributed by atoms with Gasteiger partial charge in [0.2, 0.25) is 0 Å². The molecule has 0 fully saturated rings. The van der Waals surface area contributed by atoms with Crippen LogP contribution in [0.4, 0.5) is 0 Å². The zero-order valence-electron chi connectivity index (χ0n) is 21.2. The number of carbonyl (C=O) groups is 2. The summed E-state index contributed by atoms with van der Waals surface area (Å²) >= 11 is 12.0. The third-order valence-corrected chi connectivity index (χ3v) is 5.40. The minimum atomic E-state index is -0.906. The van der Waals surface area contributed by atoms with Crippen LogP contribution in [0.25, 0.3) is 0 Å². The zero-order chi connectivity index (χ0) is 27.4. The number of hydrogen-bond donors (Lipinski definition) is 2. The van der Waals surface area contributed by atoms with Crippen molar-refractivity contribution in [3.05, 3.63) is 52.0 Å². The van der Waals surface area contributed by atoms with Gasteiger partial charge in [0.05, 0.1) is 17.8 Å². The molecule has 2 aromatic carbocycles. The molecule has 2 N–H and O–H groups in total. The molecule has 2 aromatic rings. The number of rotatable bonds is 13. The first-order chi connectivity index (χ1) is 17.6. The highest BCUT2D eigenvalue weighted by molar-refractivity contribution is 6.35. The summed E-state index contributed by atoms with van der Waals surface area (Å²) in [6.45, 7) is 7.86. The van der Waals surface area contributed by atoms with Gasteiger partial charge in [-0.3, -0.25) is 9.59 Å². The van der Waals surface area contributed by atoms with Crippen molar-refractivity contribution in [3.8, 4) is 29.6 Å². The van der Waals surface area contributed by atoms with E-state index in [4.69, 9.17) is 43.8 Å². The standard InChI is InChI=1S/C27H31Cl2N3O5/c1-6-12-36-24-10-8-19(14-25(24)35-7-2)16-30-32-27(34)22(13-17(3)4)31-26(33)18(5)37-23-11-9-20(28)15-21(23)29/h1,8-11,14-18,22H,7,12-13H2,2-5H3,(H,31,33)(H,32,34)/b30-16-/t18-,22-/m0/s1. The number of nitrogens with one attached hydrogen (secondary N) is 2. The fourth-order valence-corrected chi connectivity index (χ4v) is 3.62. The summed E-state index contributed by atoms with van der Waals surface area (Å²) in [4.78, 5) is 25.6. The van der Waals surface area contributed by atoms with Gasteiger partial charge in [-0.2, -0.15) is 5.10 Å². The predicted molar refractivity (Wildman–Crippen MR) is 146 cm³/mol. The maximum Gasteiger partial charge on any atom is 0.262 e. The van der Waals surface area contributed by atoms with Gasteiger partial charge in [-0.05, 0) is 68.1 Å². The van der Waals surface area contributed by atoms with Crippen molar-refractivity contribution in [3.63, 3.8) is 0 Å². The molecule has 198 valence electrons. The first-order valence-electron chi connectivity index (χ1n) is 11.7. The molecule has 8 nitrogen and oxygen atoms in total. The van der Waals surface area contributed by atoms with Crippen LogP contribution < -0.4 is 25.0 Å². The van der Waals surface area contributed by atoms with Gasteiger partial charge in [0.25, 0.3) is 11.8 Å². The van der Waals surface area contributed by atoms with E-state index in [9.17, 15) is 9.59 Å². The summed E-state index contributed by atoms with van der Waals surface area (Å²) in [6.07, 6.45) is 6.21. The van der Waals surface area contributed by atoms with Crippen molar-refractivity contribution >= 4 is 41.2 Å². The number of benzene rings is 2. The number of terminal acetylenes is 1. The molecule has 0 spiro atoms. The Labute approximate surface area is 227 Å². The van der Waals surface area contributed by atoms with Gasteiger partial charge in [0.1, 0.15) is 18.4 Å². The van der Waals surface area contributed by atoms with Gasteiger partial charge in [-0.25, -0.2) is 5.43 Å². The second-order valence-corrected chi connectivity index (χ2v) is 9.24. The lowest BCUT2D eigenvalue weighted by atomic mass is 10.0. The van der Waals surface area contributed by atoms with Gasteiger partial charge >= 0.3 is 0 Å². The highest BCUT2D eigenvalue weighted by Gasteiger charge is 2.25. The summed E-state index contributed by atoms with van der Waals surface area (Å²) in [7, 11) is 0. The van der Waals surface area contributed by atoms with Gasteiger partial charge in [-0.15, -0.1) is 6.42 Å². The van der Waals surface area contributed by atoms with E-state index in [-0.39, 0.29) is 17.5 Å². The maximum absolute atomic E-state index is 12.8. The second-order valence-electron chi connectivity index (χ2n) is 8.39. The fourth-order valence-electron chi connectivity index (χ4n) is 3.17. The zero-order valence-corrected chi connectivity index (χ0v) is 22.7. The van der Waals surface area contributed by atoms with Gasteiger partial charge < -0.3 is 19.5 Å². The Morgan fingerprint density at radius 3 is 2.43 bits per heavy atom. The molecule has 2 rings (SSSR count). The van der Waals surface area contributed by atoms with Gasteiger partial charge in [0, 0.05) is 5.02 Å². The fraction of sp³-hybridized carbons (Fsp3) is 0.370. The molecule has 0 saturated heterocycles. The highest BCUT2D eigenvalue weighted by Crippen LogP contribution is 2.29. The minimum absolute atomic E-state index is 0.114. The molecule has 0 heterocycles. The first kappa shape index (κ1) is 29.8. The minimum Gasteiger partial charge on any atom is -0.490 e. The van der Waals surface area contributed by atoms with Crippen LogP contribution in [0.2, 0.25) is 10.0 Å². The van der Waals surface area contributed by atoms with Crippen molar-refractivity contribution in [2.75, 3.05) is 13.2 Å². The molecular formula is C27H31Cl2N3O5. The van der Waals surface area contributed by atoms with Crippen LogP contribution in [0.15, 0.2) is 41.5 Å². The Kier molecular flexibility index (Phi) is 12.1. The number of nitrogens with zero attached hydrogens (tertiary/aromatic N) is 1. The second kappa shape index (κ2) is 15.0. The van der Waals surface area contributed by atoms with Crippen molar-refractivity contribution in [2.24, 2.45) is 11.0 Å². The van der Waals surface area contributed by atoms with E-state index < -0.39 is 24.0 Å². The van der Waals surface area contributed by atoms with Crippen LogP contribution in [0.1, 0.15) is 39.7 Å². The average Bonchev–Trinajstić information content (AvgIpc) is 2.84. The third kappa shape index (κ3) is 9.87. The van der Waals surface area contributed by atoms with E-state index >= 15 is 0 Å². The van der Waals surface area contributed by atoms with Crippen molar-refractivity contribution in [2.45, 2.75) is 46.3 Å². The summed E-state index contributed by atoms with van der Waals surface area (Å²) in [5.41, 5.74) is 3.16. The van der Waals surface area contributed by atoms with Crippen LogP contribution in [0, 0.1) is 18.3 Å². The summed E-state index contributed by atoms with van der Waals surface area (Å²) in [5, 5.41) is 7.49. The number of hydrogen-bond acceptors (Lipinski definition) is 6. The Morgan fingerprint density at radius 1 is 1.05 bits per heavy atom. The molecule has 0 aliphatic rings. The molecule has 10 heteroatoms. The lowest BCUT2D eigenvalue weighted by Gasteiger charge is -2.22. The number of carbonyl (C=O) groups excluding carboxylic acids is 2. The van der Waals surface area contributed by atoms with E-state index in [1.165, 1.54) is 12.3 Å². The number of halogens is 2.